The van der Waals surface area contributed by atoms with Crippen molar-refractivity contribution in [3.63, 3.8) is 0 Å². The van der Waals surface area contributed by atoms with Crippen LogP contribution in [0.3, 0.4) is 0 Å². The SMILES string of the molecule is CN(C)c1ccc2c(c1)[Si](C)(C)c1cc3c(cc1=N2)CCC[N+]=3CCCCCC(=O)O. The molecule has 2 heterocycles. The maximum absolute atomic E-state index is 10.8. The largest absolute Gasteiger partial charge is 0.481 e. The Morgan fingerprint density at radius 1 is 1.13 bits per heavy atom. The molecular formula is C25H34N3O2Si+. The predicted octanol–water partition coefficient (Wildman–Crippen LogP) is 1.92. The van der Waals surface area contributed by atoms with Crippen LogP contribution in [-0.4, -0.2) is 46.3 Å². The van der Waals surface area contributed by atoms with E-state index in [0.29, 0.717) is 0 Å². The first-order chi connectivity index (χ1) is 14.8. The van der Waals surface area contributed by atoms with Crippen LogP contribution >= 0.6 is 0 Å². The van der Waals surface area contributed by atoms with E-state index in [1.165, 1.54) is 38.8 Å². The van der Waals surface area contributed by atoms with Crippen molar-refractivity contribution in [2.24, 2.45) is 4.99 Å². The molecule has 0 spiro atoms. The van der Waals surface area contributed by atoms with Crippen LogP contribution in [0.1, 0.15) is 37.7 Å². The second-order valence-electron chi connectivity index (χ2n) is 9.63. The molecule has 6 heteroatoms. The van der Waals surface area contributed by atoms with Gasteiger partial charge in [0.2, 0.25) is 5.36 Å². The van der Waals surface area contributed by atoms with Crippen molar-refractivity contribution in [2.75, 3.05) is 32.1 Å². The smallest absolute Gasteiger partial charge is 0.303 e. The van der Waals surface area contributed by atoms with E-state index >= 15 is 0 Å². The molecule has 0 aromatic heterocycles. The Kier molecular flexibility index (Phi) is 6.02. The van der Waals surface area contributed by atoms with Gasteiger partial charge in [-0.25, -0.2) is 9.57 Å². The number of hydrogen-bond donors (Lipinski definition) is 1. The van der Waals surface area contributed by atoms with Gasteiger partial charge in [-0.15, -0.1) is 0 Å². The lowest BCUT2D eigenvalue weighted by atomic mass is 10.0. The number of nitrogens with zero attached hydrogens (tertiary/aromatic N) is 3. The average Bonchev–Trinajstić information content (AvgIpc) is 2.72. The number of carboxylic acids is 1. The summed E-state index contributed by atoms with van der Waals surface area (Å²) in [7, 11) is 2.32. The van der Waals surface area contributed by atoms with Gasteiger partial charge in [0.25, 0.3) is 0 Å². The molecule has 0 fully saturated rings. The third-order valence-electron chi connectivity index (χ3n) is 6.81. The van der Waals surface area contributed by atoms with E-state index in [4.69, 9.17) is 10.1 Å². The summed E-state index contributed by atoms with van der Waals surface area (Å²) in [6.45, 7) is 6.99. The summed E-state index contributed by atoms with van der Waals surface area (Å²) >= 11 is 0. The molecule has 164 valence electrons. The molecule has 31 heavy (non-hydrogen) atoms. The van der Waals surface area contributed by atoms with Crippen LogP contribution in [-0.2, 0) is 11.2 Å². The van der Waals surface area contributed by atoms with E-state index in [9.17, 15) is 4.79 Å². The van der Waals surface area contributed by atoms with E-state index in [-0.39, 0.29) is 6.42 Å². The topological polar surface area (TPSA) is 55.9 Å². The first-order valence-electron chi connectivity index (χ1n) is 11.4. The van der Waals surface area contributed by atoms with Crippen LogP contribution in [0.15, 0.2) is 35.3 Å². The quantitative estimate of drug-likeness (QED) is 0.410. The molecule has 2 aromatic carbocycles. The number of hydrogen-bond acceptors (Lipinski definition) is 3. The van der Waals surface area contributed by atoms with Gasteiger partial charge < -0.3 is 10.0 Å². The minimum Gasteiger partial charge on any atom is -0.481 e. The summed E-state index contributed by atoms with van der Waals surface area (Å²) < 4.78 is 2.52. The zero-order chi connectivity index (χ0) is 22.2. The number of carbonyl (C=O) groups is 1. The monoisotopic (exact) mass is 436 g/mol. The first-order valence-corrected chi connectivity index (χ1v) is 14.4. The third-order valence-corrected chi connectivity index (χ3v) is 10.3. The number of carboxylic acid groups (broad SMARTS) is 1. The number of anilines is 1. The van der Waals surface area contributed by atoms with Crippen molar-refractivity contribution in [2.45, 2.75) is 51.6 Å². The summed E-state index contributed by atoms with van der Waals surface area (Å²) in [5, 5.41) is 14.3. The van der Waals surface area contributed by atoms with E-state index in [1.807, 2.05) is 0 Å². The fourth-order valence-corrected chi connectivity index (χ4v) is 7.80. The van der Waals surface area contributed by atoms with Crippen molar-refractivity contribution in [1.29, 1.82) is 0 Å². The van der Waals surface area contributed by atoms with E-state index in [1.54, 1.807) is 0 Å². The van der Waals surface area contributed by atoms with Gasteiger partial charge in [-0.2, -0.15) is 0 Å². The number of unbranched alkanes of at least 4 members (excludes halogenated alkanes) is 2. The van der Waals surface area contributed by atoms with Crippen LogP contribution in [0.4, 0.5) is 11.4 Å². The van der Waals surface area contributed by atoms with Gasteiger partial charge in [0.1, 0.15) is 21.2 Å². The van der Waals surface area contributed by atoms with Gasteiger partial charge in [-0.1, -0.05) is 13.1 Å². The fraction of sp³-hybridized carbons (Fsp3) is 0.480. The lowest BCUT2D eigenvalue weighted by Gasteiger charge is -2.30. The molecule has 0 amide bonds. The number of aryl methyl sites for hydroxylation is 1. The molecule has 2 aliphatic rings. The van der Waals surface area contributed by atoms with Gasteiger partial charge in [0.15, 0.2) is 0 Å². The van der Waals surface area contributed by atoms with Crippen molar-refractivity contribution in [3.05, 3.63) is 46.6 Å². The lowest BCUT2D eigenvalue weighted by Crippen LogP contribution is -2.62. The first kappa shape index (κ1) is 21.7. The Morgan fingerprint density at radius 2 is 1.94 bits per heavy atom. The highest BCUT2D eigenvalue weighted by Gasteiger charge is 2.35. The summed E-state index contributed by atoms with van der Waals surface area (Å²) in [5.74, 6) is -0.691. The zero-order valence-electron chi connectivity index (χ0n) is 19.2. The number of benzene rings is 2. The standard InChI is InChI=1S/C25H33N3O2Si/c1-27(2)19-11-12-20-23(16-19)31(3,4)24-17-22-18(15-21(24)26-20)9-8-14-28(22)13-7-5-6-10-25(29)30/h11-12,15-17H,5-10,13-14H2,1-4H3/p+1. The van der Waals surface area contributed by atoms with Crippen molar-refractivity contribution < 1.29 is 9.90 Å². The Hall–Kier alpha value is -2.47. The molecule has 0 atom stereocenters. The van der Waals surface area contributed by atoms with Gasteiger partial charge in [-0.05, 0) is 53.9 Å². The highest BCUT2D eigenvalue weighted by molar-refractivity contribution is 7.01. The average molecular weight is 437 g/mol. The molecular weight excluding hydrogens is 402 g/mol. The van der Waals surface area contributed by atoms with Gasteiger partial charge in [0, 0.05) is 50.7 Å². The molecule has 2 aliphatic heterocycles. The minimum atomic E-state index is -1.87. The molecule has 0 saturated heterocycles. The molecule has 2 aromatic rings. The Bertz CT molecular complexity index is 1140. The number of rotatable bonds is 7. The lowest BCUT2D eigenvalue weighted by molar-refractivity contribution is -0.137. The van der Waals surface area contributed by atoms with Crippen molar-refractivity contribution in [1.82, 2.24) is 4.58 Å². The summed E-state index contributed by atoms with van der Waals surface area (Å²) in [6.07, 6.45) is 5.35. The Balaban J connectivity index is 1.73. The molecule has 1 N–H and O–H groups in total. The highest BCUT2D eigenvalue weighted by Crippen LogP contribution is 2.22. The normalized spacial score (nSPS) is 16.1. The minimum absolute atomic E-state index is 0.278. The summed E-state index contributed by atoms with van der Waals surface area (Å²) in [4.78, 5) is 18.0. The third kappa shape index (κ3) is 4.31. The molecule has 5 nitrogen and oxygen atoms in total. The van der Waals surface area contributed by atoms with Gasteiger partial charge in [-0.3, -0.25) is 4.79 Å². The van der Waals surface area contributed by atoms with Crippen LogP contribution < -0.4 is 30.6 Å². The van der Waals surface area contributed by atoms with Crippen molar-refractivity contribution in [3.8, 4) is 0 Å². The van der Waals surface area contributed by atoms with Crippen LogP contribution in [0.5, 0.6) is 0 Å². The van der Waals surface area contributed by atoms with E-state index < -0.39 is 14.0 Å². The fourth-order valence-electron chi connectivity index (χ4n) is 4.95. The second kappa shape index (κ2) is 8.58. The van der Waals surface area contributed by atoms with Gasteiger partial charge >= 0.3 is 5.97 Å². The molecule has 0 radical (unpaired) electrons. The highest BCUT2D eigenvalue weighted by atomic mass is 28.3. The second-order valence-corrected chi connectivity index (χ2v) is 14.0. The summed E-state index contributed by atoms with van der Waals surface area (Å²) in [5.41, 5.74) is 3.79. The number of aliphatic carboxylic acids is 1. The van der Waals surface area contributed by atoms with Crippen molar-refractivity contribution >= 4 is 35.8 Å². The molecule has 0 aliphatic carbocycles. The maximum Gasteiger partial charge on any atom is 0.303 e. The molecule has 4 rings (SSSR count). The predicted molar refractivity (Wildman–Crippen MR) is 130 cm³/mol. The van der Waals surface area contributed by atoms with Crippen LogP contribution in [0.25, 0.3) is 0 Å². The van der Waals surface area contributed by atoms with E-state index in [2.05, 4.69) is 67.0 Å². The summed E-state index contributed by atoms with van der Waals surface area (Å²) in [6, 6.07) is 11.5. The van der Waals surface area contributed by atoms with E-state index in [0.717, 1.165) is 44.5 Å². The molecule has 0 bridgehead atoms. The Morgan fingerprint density at radius 3 is 2.68 bits per heavy atom. The number of fused-ring (bicyclic) bond motifs is 3. The van der Waals surface area contributed by atoms with Crippen LogP contribution in [0.2, 0.25) is 13.1 Å². The van der Waals surface area contributed by atoms with Crippen LogP contribution in [0, 0.1) is 0 Å². The molecule has 0 saturated carbocycles. The van der Waals surface area contributed by atoms with Gasteiger partial charge in [0.05, 0.1) is 11.0 Å². The maximum atomic E-state index is 10.8. The molecule has 0 unspecified atom stereocenters. The Labute approximate surface area is 185 Å². The zero-order valence-corrected chi connectivity index (χ0v) is 20.2.